The Morgan fingerprint density at radius 2 is 2.04 bits per heavy atom. The van der Waals surface area contributed by atoms with E-state index in [2.05, 4.69) is 58.2 Å². The molecule has 1 saturated heterocycles. The Hall–Kier alpha value is -1.35. The second-order valence-corrected chi connectivity index (χ2v) is 7.31. The van der Waals surface area contributed by atoms with Gasteiger partial charge < -0.3 is 16.0 Å². The van der Waals surface area contributed by atoms with E-state index >= 15 is 0 Å². The fourth-order valence-corrected chi connectivity index (χ4v) is 3.77. The number of piperidine rings is 1. The molecule has 3 N–H and O–H groups in total. The Balaban J connectivity index is 0.00000392. The lowest BCUT2D eigenvalue weighted by Gasteiger charge is -2.34. The van der Waals surface area contributed by atoms with Crippen molar-refractivity contribution in [2.24, 2.45) is 16.6 Å². The first-order valence-corrected chi connectivity index (χ1v) is 10.1. The number of halogens is 1. The van der Waals surface area contributed by atoms with Crippen LogP contribution in [0.3, 0.4) is 0 Å². The van der Waals surface area contributed by atoms with Gasteiger partial charge >= 0.3 is 0 Å². The molecule has 0 bridgehead atoms. The number of hydrogen-bond donors (Lipinski definition) is 2. The van der Waals surface area contributed by atoms with E-state index in [0.717, 1.165) is 58.1 Å². The van der Waals surface area contributed by atoms with Crippen molar-refractivity contribution in [1.82, 2.24) is 15.1 Å². The van der Waals surface area contributed by atoms with Crippen molar-refractivity contribution in [2.75, 3.05) is 33.2 Å². The molecule has 1 atom stereocenters. The van der Waals surface area contributed by atoms with Crippen molar-refractivity contribution in [2.45, 2.75) is 46.2 Å². The average molecular weight is 501 g/mol. The Kier molecular flexibility index (Phi) is 11.4. The Morgan fingerprint density at radius 3 is 2.68 bits per heavy atom. The maximum Gasteiger partial charge on any atom is 0.217 e. The highest BCUT2D eigenvalue weighted by atomic mass is 127. The molecule has 1 fully saturated rings. The van der Waals surface area contributed by atoms with Gasteiger partial charge in [-0.05, 0) is 43.0 Å². The standard InChI is InChI=1S/C21H35N5O.HI/c1-4-25(5-2)15-18-9-6-8-17(12-18)14-24-21(23-3)26-11-7-10-19(16-26)13-20(22)27;/h6,8-9,12,19H,4-5,7,10-11,13-16H2,1-3H3,(H2,22,27)(H,23,24);1H. The zero-order valence-corrected chi connectivity index (χ0v) is 19.8. The fraction of sp³-hybridized carbons (Fsp3) is 0.619. The summed E-state index contributed by atoms with van der Waals surface area (Å²) in [4.78, 5) is 20.3. The van der Waals surface area contributed by atoms with Gasteiger partial charge in [0, 0.05) is 39.6 Å². The van der Waals surface area contributed by atoms with Crippen LogP contribution in [0.1, 0.15) is 44.2 Å². The van der Waals surface area contributed by atoms with E-state index in [1.807, 2.05) is 7.05 Å². The van der Waals surface area contributed by atoms with Gasteiger partial charge in [0.1, 0.15) is 0 Å². The Labute approximate surface area is 187 Å². The van der Waals surface area contributed by atoms with E-state index in [9.17, 15) is 4.79 Å². The zero-order chi connectivity index (χ0) is 19.6. The van der Waals surface area contributed by atoms with E-state index in [-0.39, 0.29) is 29.9 Å². The van der Waals surface area contributed by atoms with Crippen LogP contribution in [-0.2, 0) is 17.9 Å². The van der Waals surface area contributed by atoms with Crippen molar-refractivity contribution in [3.05, 3.63) is 35.4 Å². The van der Waals surface area contributed by atoms with Crippen molar-refractivity contribution >= 4 is 35.8 Å². The van der Waals surface area contributed by atoms with Gasteiger partial charge in [0.15, 0.2) is 5.96 Å². The second-order valence-electron chi connectivity index (χ2n) is 7.31. The van der Waals surface area contributed by atoms with Crippen molar-refractivity contribution < 1.29 is 4.79 Å². The number of nitrogens with two attached hydrogens (primary N) is 1. The van der Waals surface area contributed by atoms with Gasteiger partial charge in [0.2, 0.25) is 5.91 Å². The second kappa shape index (κ2) is 13.0. The molecule has 1 aromatic carbocycles. The first-order valence-electron chi connectivity index (χ1n) is 10.1. The minimum absolute atomic E-state index is 0. The number of amides is 1. The van der Waals surface area contributed by atoms with Crippen LogP contribution in [0.25, 0.3) is 0 Å². The van der Waals surface area contributed by atoms with Crippen molar-refractivity contribution in [3.63, 3.8) is 0 Å². The summed E-state index contributed by atoms with van der Waals surface area (Å²) >= 11 is 0. The molecule has 1 amide bonds. The number of guanidine groups is 1. The molecule has 0 aromatic heterocycles. The number of likely N-dealkylation sites (tertiary alicyclic amines) is 1. The summed E-state index contributed by atoms with van der Waals surface area (Å²) in [6.45, 7) is 10.1. The van der Waals surface area contributed by atoms with Gasteiger partial charge in [-0.3, -0.25) is 14.7 Å². The summed E-state index contributed by atoms with van der Waals surface area (Å²) in [5.74, 6) is 1.01. The largest absolute Gasteiger partial charge is 0.370 e. The summed E-state index contributed by atoms with van der Waals surface area (Å²) in [7, 11) is 1.82. The van der Waals surface area contributed by atoms with E-state index in [4.69, 9.17) is 5.73 Å². The lowest BCUT2D eigenvalue weighted by atomic mass is 9.95. The molecule has 6 nitrogen and oxygen atoms in total. The van der Waals surface area contributed by atoms with Crippen LogP contribution in [0.4, 0.5) is 0 Å². The molecule has 0 spiro atoms. The Bertz CT molecular complexity index is 633. The van der Waals surface area contributed by atoms with E-state index in [1.54, 1.807) is 0 Å². The van der Waals surface area contributed by atoms with Crippen molar-refractivity contribution in [1.29, 1.82) is 0 Å². The first-order chi connectivity index (χ1) is 13.0. The smallest absolute Gasteiger partial charge is 0.217 e. The summed E-state index contributed by atoms with van der Waals surface area (Å²) in [5, 5.41) is 3.48. The summed E-state index contributed by atoms with van der Waals surface area (Å²) in [6.07, 6.45) is 2.59. The molecular formula is C21H36IN5O. The van der Waals surface area contributed by atoms with Gasteiger partial charge in [0.25, 0.3) is 0 Å². The average Bonchev–Trinajstić information content (AvgIpc) is 2.67. The molecule has 28 heavy (non-hydrogen) atoms. The molecule has 1 aromatic rings. The fourth-order valence-electron chi connectivity index (χ4n) is 3.77. The summed E-state index contributed by atoms with van der Waals surface area (Å²) in [6, 6.07) is 8.74. The number of aliphatic imine (C=N–C) groups is 1. The number of carbonyl (C=O) groups is 1. The number of hydrogen-bond acceptors (Lipinski definition) is 3. The maximum absolute atomic E-state index is 11.2. The molecular weight excluding hydrogens is 465 g/mol. The Morgan fingerprint density at radius 1 is 1.32 bits per heavy atom. The molecule has 1 aliphatic heterocycles. The number of nitrogens with one attached hydrogen (secondary N) is 1. The van der Waals surface area contributed by atoms with Crippen LogP contribution in [-0.4, -0.2) is 54.9 Å². The summed E-state index contributed by atoms with van der Waals surface area (Å²) in [5.41, 5.74) is 7.97. The van der Waals surface area contributed by atoms with Gasteiger partial charge in [0.05, 0.1) is 0 Å². The first kappa shape index (κ1) is 24.7. The van der Waals surface area contributed by atoms with Crippen LogP contribution in [0.2, 0.25) is 0 Å². The number of nitrogens with zero attached hydrogens (tertiary/aromatic N) is 3. The number of rotatable bonds is 8. The summed E-state index contributed by atoms with van der Waals surface area (Å²) < 4.78 is 0. The third-order valence-corrected chi connectivity index (χ3v) is 5.26. The third kappa shape index (κ3) is 7.95. The molecule has 2 rings (SSSR count). The monoisotopic (exact) mass is 501 g/mol. The predicted molar refractivity (Wildman–Crippen MR) is 127 cm³/mol. The predicted octanol–water partition coefficient (Wildman–Crippen LogP) is 2.81. The molecule has 1 unspecified atom stereocenters. The normalized spacial score (nSPS) is 17.4. The molecule has 0 saturated carbocycles. The molecule has 0 aliphatic carbocycles. The highest BCUT2D eigenvalue weighted by Gasteiger charge is 2.23. The number of primary amides is 1. The number of carbonyl (C=O) groups excluding carboxylic acids is 1. The van der Waals surface area contributed by atoms with E-state index < -0.39 is 0 Å². The van der Waals surface area contributed by atoms with Crippen molar-refractivity contribution in [3.8, 4) is 0 Å². The van der Waals surface area contributed by atoms with Crippen LogP contribution >= 0.6 is 24.0 Å². The molecule has 158 valence electrons. The zero-order valence-electron chi connectivity index (χ0n) is 17.5. The molecule has 7 heteroatoms. The third-order valence-electron chi connectivity index (χ3n) is 5.26. The van der Waals surface area contributed by atoms with Gasteiger partial charge in [-0.25, -0.2) is 0 Å². The quantitative estimate of drug-likeness (QED) is 0.327. The van der Waals surface area contributed by atoms with Gasteiger partial charge in [-0.2, -0.15) is 0 Å². The van der Waals surface area contributed by atoms with Gasteiger partial charge in [-0.15, -0.1) is 24.0 Å². The van der Waals surface area contributed by atoms with E-state index in [1.165, 1.54) is 11.1 Å². The minimum atomic E-state index is -0.213. The maximum atomic E-state index is 11.2. The SMILES string of the molecule is CCN(CC)Cc1cccc(CNC(=NC)N2CCCC(CC(N)=O)C2)c1.I. The highest BCUT2D eigenvalue weighted by Crippen LogP contribution is 2.19. The minimum Gasteiger partial charge on any atom is -0.370 e. The lowest BCUT2D eigenvalue weighted by molar-refractivity contribution is -0.119. The van der Waals surface area contributed by atoms with Gasteiger partial charge in [-0.1, -0.05) is 38.1 Å². The highest BCUT2D eigenvalue weighted by molar-refractivity contribution is 14.0. The lowest BCUT2D eigenvalue weighted by Crippen LogP contribution is -2.46. The number of benzene rings is 1. The molecule has 1 aliphatic rings. The van der Waals surface area contributed by atoms with E-state index in [0.29, 0.717) is 12.3 Å². The van der Waals surface area contributed by atoms with Crippen LogP contribution in [0, 0.1) is 5.92 Å². The topological polar surface area (TPSA) is 74.0 Å². The van der Waals surface area contributed by atoms with Crippen LogP contribution in [0.5, 0.6) is 0 Å². The molecule has 1 heterocycles. The van der Waals surface area contributed by atoms with Crippen LogP contribution < -0.4 is 11.1 Å². The molecule has 0 radical (unpaired) electrons. The van der Waals surface area contributed by atoms with Crippen LogP contribution in [0.15, 0.2) is 29.3 Å².